The summed E-state index contributed by atoms with van der Waals surface area (Å²) in [6.45, 7) is 9.06. The molecule has 13 rings (SSSR count). The number of hydrogen-bond donors (Lipinski definition) is 1. The largest absolute Gasteiger partial charge is 0.456 e. The van der Waals surface area contributed by atoms with Crippen molar-refractivity contribution in [2.45, 2.75) is 33.1 Å². The minimum atomic E-state index is 0.0733. The fourth-order valence-corrected chi connectivity index (χ4v) is 10.9. The highest BCUT2D eigenvalue weighted by atomic mass is 32.1. The monoisotopic (exact) mass is 775 g/mol. The summed E-state index contributed by atoms with van der Waals surface area (Å²) in [7, 11) is 2.42. The Balaban J connectivity index is 1.13. The molecule has 1 N–H and O–H groups in total. The fraction of sp³-hybridized carbons (Fsp3) is 0.0943. The topological polar surface area (TPSA) is 43.2 Å². The van der Waals surface area contributed by atoms with Gasteiger partial charge in [-0.1, -0.05) is 105 Å². The summed E-state index contributed by atoms with van der Waals surface area (Å²) in [5.41, 5.74) is 16.6. The average Bonchev–Trinajstić information content (AvgIpc) is 3.99. The maximum Gasteiger partial charge on any atom is 0.197 e. The van der Waals surface area contributed by atoms with Crippen molar-refractivity contribution in [1.82, 2.24) is 4.57 Å². The van der Waals surface area contributed by atoms with Crippen LogP contribution in [0.25, 0.3) is 103 Å². The van der Waals surface area contributed by atoms with Crippen LogP contribution in [-0.2, 0) is 5.41 Å². The van der Waals surface area contributed by atoms with Crippen molar-refractivity contribution in [2.75, 3.05) is 5.32 Å². The number of anilines is 2. The van der Waals surface area contributed by atoms with E-state index in [2.05, 4.69) is 172 Å². The Hall–Kier alpha value is -6.76. The summed E-state index contributed by atoms with van der Waals surface area (Å²) in [6.07, 6.45) is 0. The Kier molecular flexibility index (Phi) is 6.58. The molecule has 0 spiro atoms. The summed E-state index contributed by atoms with van der Waals surface area (Å²) in [5, 5.41) is 13.4. The van der Waals surface area contributed by atoms with Gasteiger partial charge in [-0.25, -0.2) is 0 Å². The van der Waals surface area contributed by atoms with Gasteiger partial charge in [0.15, 0.2) is 7.28 Å². The van der Waals surface area contributed by atoms with Gasteiger partial charge in [-0.3, -0.25) is 0 Å². The van der Waals surface area contributed by atoms with Gasteiger partial charge in [0.1, 0.15) is 22.3 Å². The summed E-state index contributed by atoms with van der Waals surface area (Å²) < 4.78 is 18.1. The van der Waals surface area contributed by atoms with Gasteiger partial charge in [-0.15, -0.1) is 11.3 Å². The number of para-hydroxylation sites is 2. The SMILES string of the molecule is Cc1cc(-c2cc3c(cc2Nc2ccc(C(C)(C)C)cc2)sc2ccccc23)c2c3c1c1cc4oc5ccccc5c4cc1n3-c1cc3oc4ccccc4c3cc1[B]2. The second-order valence-electron chi connectivity index (χ2n) is 17.3. The molecule has 0 unspecified atom stereocenters. The number of rotatable bonds is 3. The van der Waals surface area contributed by atoms with Crippen molar-refractivity contribution in [3.8, 4) is 16.8 Å². The molecule has 4 nitrogen and oxygen atoms in total. The van der Waals surface area contributed by atoms with Gasteiger partial charge < -0.3 is 18.7 Å². The number of furan rings is 2. The van der Waals surface area contributed by atoms with Crippen LogP contribution >= 0.6 is 11.3 Å². The first-order chi connectivity index (χ1) is 28.7. The molecule has 0 atom stereocenters. The lowest BCUT2D eigenvalue weighted by Crippen LogP contribution is -2.37. The first kappa shape index (κ1) is 33.2. The Morgan fingerprint density at radius 2 is 1.25 bits per heavy atom. The molecule has 4 aromatic heterocycles. The van der Waals surface area contributed by atoms with E-state index in [4.69, 9.17) is 8.83 Å². The molecule has 0 saturated heterocycles. The van der Waals surface area contributed by atoms with Crippen LogP contribution in [0.1, 0.15) is 31.9 Å². The molecule has 0 fully saturated rings. The van der Waals surface area contributed by atoms with E-state index in [0.29, 0.717) is 0 Å². The van der Waals surface area contributed by atoms with E-state index in [0.717, 1.165) is 71.9 Å². The molecule has 8 aromatic carbocycles. The van der Waals surface area contributed by atoms with Gasteiger partial charge in [0, 0.05) is 86.7 Å². The zero-order valence-electron chi connectivity index (χ0n) is 33.0. The predicted molar refractivity (Wildman–Crippen MR) is 252 cm³/mol. The minimum absolute atomic E-state index is 0.0733. The van der Waals surface area contributed by atoms with E-state index in [1.54, 1.807) is 0 Å². The smallest absolute Gasteiger partial charge is 0.197 e. The van der Waals surface area contributed by atoms with Crippen LogP contribution in [0.15, 0.2) is 148 Å². The van der Waals surface area contributed by atoms with E-state index >= 15 is 0 Å². The zero-order chi connectivity index (χ0) is 39.3. The Morgan fingerprint density at radius 1 is 0.576 bits per heavy atom. The number of hydrogen-bond acceptors (Lipinski definition) is 4. The molecular weight excluding hydrogens is 739 g/mol. The lowest BCUT2D eigenvalue weighted by molar-refractivity contribution is 0.590. The van der Waals surface area contributed by atoms with E-state index < -0.39 is 0 Å². The van der Waals surface area contributed by atoms with E-state index in [1.165, 1.54) is 64.2 Å². The molecule has 0 saturated carbocycles. The van der Waals surface area contributed by atoms with Gasteiger partial charge in [0.2, 0.25) is 0 Å². The molecule has 6 heteroatoms. The van der Waals surface area contributed by atoms with Crippen LogP contribution in [-0.4, -0.2) is 11.8 Å². The normalized spacial score (nSPS) is 12.9. The first-order valence-corrected chi connectivity index (χ1v) is 21.1. The highest BCUT2D eigenvalue weighted by molar-refractivity contribution is 7.25. The van der Waals surface area contributed by atoms with Crippen LogP contribution < -0.4 is 16.2 Å². The van der Waals surface area contributed by atoms with Crippen LogP contribution in [0.4, 0.5) is 11.4 Å². The number of benzene rings is 8. The van der Waals surface area contributed by atoms with Gasteiger partial charge in [0.05, 0.1) is 5.52 Å². The first-order valence-electron chi connectivity index (χ1n) is 20.3. The van der Waals surface area contributed by atoms with Crippen molar-refractivity contribution in [1.29, 1.82) is 0 Å². The number of aryl methyl sites for hydroxylation is 1. The molecule has 12 aromatic rings. The molecule has 1 radical (unpaired) electrons. The van der Waals surface area contributed by atoms with Crippen LogP contribution in [0.5, 0.6) is 0 Å². The molecule has 5 heterocycles. The maximum absolute atomic E-state index is 6.54. The second-order valence-corrected chi connectivity index (χ2v) is 18.4. The highest BCUT2D eigenvalue weighted by Gasteiger charge is 2.30. The number of aromatic nitrogens is 1. The number of thiophene rings is 1. The Labute approximate surface area is 344 Å². The Morgan fingerprint density at radius 3 is 2.00 bits per heavy atom. The lowest BCUT2D eigenvalue weighted by atomic mass is 9.58. The molecule has 279 valence electrons. The molecule has 0 amide bonds. The third-order valence-electron chi connectivity index (χ3n) is 12.7. The molecular formula is C53H36BN2O2S. The van der Waals surface area contributed by atoms with Crippen molar-refractivity contribution in [3.05, 3.63) is 151 Å². The van der Waals surface area contributed by atoms with E-state index in [-0.39, 0.29) is 5.41 Å². The van der Waals surface area contributed by atoms with Gasteiger partial charge in [-0.2, -0.15) is 0 Å². The third-order valence-corrected chi connectivity index (χ3v) is 13.8. The van der Waals surface area contributed by atoms with Gasteiger partial charge >= 0.3 is 0 Å². The highest BCUT2D eigenvalue weighted by Crippen LogP contribution is 2.45. The zero-order valence-corrected chi connectivity index (χ0v) is 33.8. The van der Waals surface area contributed by atoms with Crippen LogP contribution in [0, 0.1) is 6.92 Å². The molecule has 1 aliphatic heterocycles. The predicted octanol–water partition coefficient (Wildman–Crippen LogP) is 13.9. The summed E-state index contributed by atoms with van der Waals surface area (Å²) in [5.74, 6) is 0. The van der Waals surface area contributed by atoms with Gasteiger partial charge in [-0.05, 0) is 89.1 Å². The summed E-state index contributed by atoms with van der Waals surface area (Å²) in [4.78, 5) is 0. The van der Waals surface area contributed by atoms with Gasteiger partial charge in [0.25, 0.3) is 0 Å². The minimum Gasteiger partial charge on any atom is -0.456 e. The summed E-state index contributed by atoms with van der Waals surface area (Å²) >= 11 is 1.85. The second kappa shape index (κ2) is 11.7. The van der Waals surface area contributed by atoms with Crippen LogP contribution in [0.3, 0.4) is 0 Å². The molecule has 0 aliphatic carbocycles. The van der Waals surface area contributed by atoms with Crippen molar-refractivity contribution >= 4 is 127 Å². The number of nitrogens with one attached hydrogen (secondary N) is 1. The molecule has 1 aliphatic rings. The van der Waals surface area contributed by atoms with Crippen molar-refractivity contribution in [2.24, 2.45) is 0 Å². The fourth-order valence-electron chi connectivity index (χ4n) is 9.82. The standard InChI is InChI=1S/C53H36BN2O2S/c1-28-21-38(34-22-37-33-13-7-10-16-48(33)59-49(37)26-41(34)55-30-19-17-29(18-20-30)53(2,3)4)51-52-50(28)39-25-46-36(32-12-6-9-15-45(32)57-46)24-42(39)56(52)43-27-47-35(23-40(43)54-51)31-11-5-8-14-44(31)58-47/h5-27,55H,1-4H3. The maximum atomic E-state index is 6.54. The van der Waals surface area contributed by atoms with Crippen molar-refractivity contribution in [3.63, 3.8) is 0 Å². The number of fused-ring (bicyclic) bond motifs is 14. The molecule has 0 bridgehead atoms. The quantitative estimate of drug-likeness (QED) is 0.182. The number of nitrogens with zero attached hydrogens (tertiary/aromatic N) is 1. The molecule has 59 heavy (non-hydrogen) atoms. The van der Waals surface area contributed by atoms with E-state index in [1.807, 2.05) is 23.5 Å². The average molecular weight is 776 g/mol. The van der Waals surface area contributed by atoms with E-state index in [9.17, 15) is 0 Å². The third kappa shape index (κ3) is 4.72. The summed E-state index contributed by atoms with van der Waals surface area (Å²) in [6, 6.07) is 50.9. The van der Waals surface area contributed by atoms with Crippen molar-refractivity contribution < 1.29 is 8.83 Å². The van der Waals surface area contributed by atoms with Crippen LogP contribution in [0.2, 0.25) is 0 Å². The lowest BCUT2D eigenvalue weighted by Gasteiger charge is -2.25. The Bertz CT molecular complexity index is 3780.